The van der Waals surface area contributed by atoms with Crippen LogP contribution in [0, 0.1) is 5.92 Å². The molecule has 2 heterocycles. The van der Waals surface area contributed by atoms with Crippen LogP contribution >= 0.6 is 11.3 Å². The van der Waals surface area contributed by atoms with Gasteiger partial charge in [0, 0.05) is 6.54 Å². The van der Waals surface area contributed by atoms with Crippen molar-refractivity contribution in [3.05, 3.63) is 16.5 Å². The van der Waals surface area contributed by atoms with Gasteiger partial charge in [-0.25, -0.2) is 9.59 Å². The van der Waals surface area contributed by atoms with Gasteiger partial charge in [0.05, 0.1) is 11.5 Å². The second-order valence-electron chi connectivity index (χ2n) is 6.14. The highest BCUT2D eigenvalue weighted by Crippen LogP contribution is 2.32. The van der Waals surface area contributed by atoms with E-state index in [4.69, 9.17) is 16.6 Å². The molecule has 8 nitrogen and oxygen atoms in total. The number of nitrogens with one attached hydrogen (secondary N) is 2. The third kappa shape index (κ3) is 6.71. The molecule has 0 aromatic carbocycles. The highest BCUT2D eigenvalue weighted by molar-refractivity contribution is 7.15. The molecule has 7 N–H and O–H groups in total. The standard InChI is InChI=1S/C9H12N2O3S.C7H14N2O/c1-4(2)5-3-15-7(11-9(10)14)6(5)8(12)13;8-7(10)6-3-1-2-4-9-5-6/h3-4H,1-2H3,(H,12,13)(H3,10,11,14);6,9H,1-5H2,(H2,8,10)/t;6-/m.0/s1. The van der Waals surface area contributed by atoms with Crippen LogP contribution in [-0.4, -0.2) is 36.1 Å². The zero-order valence-corrected chi connectivity index (χ0v) is 15.3. The quantitative estimate of drug-likeness (QED) is 0.549. The Labute approximate surface area is 151 Å². The number of urea groups is 1. The fraction of sp³-hybridized carbons (Fsp3) is 0.562. The van der Waals surface area contributed by atoms with Crippen LogP contribution in [0.5, 0.6) is 0 Å². The molecule has 1 saturated heterocycles. The number of aromatic carboxylic acids is 1. The summed E-state index contributed by atoms with van der Waals surface area (Å²) in [5.41, 5.74) is 10.9. The molecular formula is C16H26N4O4S. The third-order valence-corrected chi connectivity index (χ3v) is 4.76. The average molecular weight is 370 g/mol. The molecule has 1 aromatic rings. The van der Waals surface area contributed by atoms with E-state index < -0.39 is 12.0 Å². The van der Waals surface area contributed by atoms with Crippen LogP contribution in [0.15, 0.2) is 5.38 Å². The van der Waals surface area contributed by atoms with E-state index in [1.807, 2.05) is 13.8 Å². The monoisotopic (exact) mass is 370 g/mol. The van der Waals surface area contributed by atoms with E-state index in [0.29, 0.717) is 10.6 Å². The minimum Gasteiger partial charge on any atom is -0.478 e. The molecule has 0 unspecified atom stereocenters. The summed E-state index contributed by atoms with van der Waals surface area (Å²) in [5, 5.41) is 16.5. The number of carbonyl (C=O) groups excluding carboxylic acids is 2. The molecule has 9 heteroatoms. The highest BCUT2D eigenvalue weighted by Gasteiger charge is 2.20. The molecule has 0 radical (unpaired) electrons. The molecule has 0 spiro atoms. The van der Waals surface area contributed by atoms with Crippen molar-refractivity contribution in [3.8, 4) is 0 Å². The summed E-state index contributed by atoms with van der Waals surface area (Å²) >= 11 is 1.17. The maximum absolute atomic E-state index is 11.0. The molecule has 140 valence electrons. The first-order chi connectivity index (χ1) is 11.7. The van der Waals surface area contributed by atoms with Crippen molar-refractivity contribution in [2.45, 2.75) is 39.0 Å². The lowest BCUT2D eigenvalue weighted by Crippen LogP contribution is -2.31. The predicted octanol–water partition coefficient (Wildman–Crippen LogP) is 1.92. The smallest absolute Gasteiger partial charge is 0.339 e. The van der Waals surface area contributed by atoms with Gasteiger partial charge < -0.3 is 21.9 Å². The van der Waals surface area contributed by atoms with Gasteiger partial charge >= 0.3 is 12.0 Å². The van der Waals surface area contributed by atoms with E-state index in [1.54, 1.807) is 5.38 Å². The minimum atomic E-state index is -1.05. The van der Waals surface area contributed by atoms with Crippen LogP contribution < -0.4 is 22.1 Å². The van der Waals surface area contributed by atoms with Gasteiger partial charge in [-0.05, 0) is 36.2 Å². The Kier molecular flexibility index (Phi) is 8.36. The van der Waals surface area contributed by atoms with Crippen LogP contribution in [0.2, 0.25) is 0 Å². The van der Waals surface area contributed by atoms with Crippen LogP contribution in [0.1, 0.15) is 54.9 Å². The number of hydrogen-bond acceptors (Lipinski definition) is 5. The Hall–Kier alpha value is -2.13. The van der Waals surface area contributed by atoms with Crippen molar-refractivity contribution >= 4 is 34.2 Å². The summed E-state index contributed by atoms with van der Waals surface area (Å²) in [4.78, 5) is 32.3. The number of carboxylic acid groups (broad SMARTS) is 1. The van der Waals surface area contributed by atoms with E-state index in [1.165, 1.54) is 17.8 Å². The molecule has 0 bridgehead atoms. The number of amides is 3. The fourth-order valence-corrected chi connectivity index (χ4v) is 3.60. The summed E-state index contributed by atoms with van der Waals surface area (Å²) < 4.78 is 0. The summed E-state index contributed by atoms with van der Waals surface area (Å²) in [6.45, 7) is 5.59. The van der Waals surface area contributed by atoms with E-state index in [2.05, 4.69) is 10.6 Å². The Bertz CT molecular complexity index is 607. The van der Waals surface area contributed by atoms with Crippen molar-refractivity contribution in [2.75, 3.05) is 18.4 Å². The Morgan fingerprint density at radius 3 is 2.52 bits per heavy atom. The van der Waals surface area contributed by atoms with E-state index >= 15 is 0 Å². The Balaban J connectivity index is 0.000000271. The van der Waals surface area contributed by atoms with Crippen molar-refractivity contribution in [1.29, 1.82) is 0 Å². The number of primary amides is 2. The molecule has 1 aliphatic rings. The number of nitrogens with two attached hydrogens (primary N) is 2. The first kappa shape index (κ1) is 20.9. The molecule has 0 saturated carbocycles. The molecule has 1 aromatic heterocycles. The second-order valence-corrected chi connectivity index (χ2v) is 7.02. The zero-order valence-electron chi connectivity index (χ0n) is 14.5. The lowest BCUT2D eigenvalue weighted by Gasteiger charge is -2.07. The SMILES string of the molecule is CC(C)c1csc(NC(N)=O)c1C(=O)O.NC(=O)[C@H]1CCCCNC1. The summed E-state index contributed by atoms with van der Waals surface area (Å²) in [7, 11) is 0. The van der Waals surface area contributed by atoms with Gasteiger partial charge in [-0.1, -0.05) is 20.3 Å². The van der Waals surface area contributed by atoms with Gasteiger partial charge in [-0.15, -0.1) is 11.3 Å². The number of hydrogen-bond donors (Lipinski definition) is 5. The second kappa shape index (κ2) is 10.00. The first-order valence-electron chi connectivity index (χ1n) is 8.15. The average Bonchev–Trinajstić information content (AvgIpc) is 2.74. The highest BCUT2D eigenvalue weighted by atomic mass is 32.1. The van der Waals surface area contributed by atoms with Gasteiger partial charge in [0.15, 0.2) is 0 Å². The molecule has 1 atom stereocenters. The normalized spacial score (nSPS) is 17.2. The summed E-state index contributed by atoms with van der Waals surface area (Å²) in [6, 6.07) is -0.755. The maximum atomic E-state index is 11.0. The molecule has 25 heavy (non-hydrogen) atoms. The summed E-state index contributed by atoms with van der Waals surface area (Å²) in [5.74, 6) is -1.05. The van der Waals surface area contributed by atoms with Gasteiger partial charge in [0.1, 0.15) is 5.00 Å². The number of anilines is 1. The number of rotatable bonds is 4. The molecule has 3 amide bonds. The molecule has 0 aliphatic carbocycles. The van der Waals surface area contributed by atoms with Crippen LogP contribution in [-0.2, 0) is 4.79 Å². The Morgan fingerprint density at radius 2 is 2.00 bits per heavy atom. The van der Waals surface area contributed by atoms with Gasteiger partial charge in [-0.2, -0.15) is 0 Å². The van der Waals surface area contributed by atoms with Crippen molar-refractivity contribution in [3.63, 3.8) is 0 Å². The van der Waals surface area contributed by atoms with E-state index in [9.17, 15) is 14.4 Å². The number of thiophene rings is 1. The lowest BCUT2D eigenvalue weighted by molar-refractivity contribution is -0.121. The van der Waals surface area contributed by atoms with Gasteiger partial charge in [0.2, 0.25) is 5.91 Å². The largest absolute Gasteiger partial charge is 0.478 e. The van der Waals surface area contributed by atoms with Gasteiger partial charge in [-0.3, -0.25) is 10.1 Å². The number of carbonyl (C=O) groups is 3. The third-order valence-electron chi connectivity index (χ3n) is 3.84. The van der Waals surface area contributed by atoms with E-state index in [0.717, 1.165) is 25.9 Å². The van der Waals surface area contributed by atoms with Crippen LogP contribution in [0.4, 0.5) is 9.80 Å². The number of carboxylic acids is 1. The molecular weight excluding hydrogens is 344 g/mol. The van der Waals surface area contributed by atoms with Gasteiger partial charge in [0.25, 0.3) is 0 Å². The maximum Gasteiger partial charge on any atom is 0.339 e. The molecule has 1 aliphatic heterocycles. The minimum absolute atomic E-state index is 0.0718. The Morgan fingerprint density at radius 1 is 1.32 bits per heavy atom. The summed E-state index contributed by atoms with van der Waals surface area (Å²) in [6.07, 6.45) is 3.26. The van der Waals surface area contributed by atoms with Crippen molar-refractivity contribution in [2.24, 2.45) is 17.4 Å². The van der Waals surface area contributed by atoms with E-state index in [-0.39, 0.29) is 23.3 Å². The van der Waals surface area contributed by atoms with Crippen molar-refractivity contribution < 1.29 is 19.5 Å². The van der Waals surface area contributed by atoms with Crippen molar-refractivity contribution in [1.82, 2.24) is 5.32 Å². The molecule has 1 fully saturated rings. The topological polar surface area (TPSA) is 148 Å². The van der Waals surface area contributed by atoms with Crippen LogP contribution in [0.3, 0.4) is 0 Å². The molecule has 2 rings (SSSR count). The van der Waals surface area contributed by atoms with Crippen LogP contribution in [0.25, 0.3) is 0 Å². The zero-order chi connectivity index (χ0) is 19.0. The fourth-order valence-electron chi connectivity index (χ4n) is 2.48. The predicted molar refractivity (Wildman–Crippen MR) is 98.0 cm³/mol. The first-order valence-corrected chi connectivity index (χ1v) is 9.03. The lowest BCUT2D eigenvalue weighted by atomic mass is 10.0.